The summed E-state index contributed by atoms with van der Waals surface area (Å²) in [7, 11) is 1.65. The Hall–Kier alpha value is -2.83. The molecule has 2 heterocycles. The van der Waals surface area contributed by atoms with Crippen LogP contribution in [-0.4, -0.2) is 54.1 Å². The van der Waals surface area contributed by atoms with Crippen LogP contribution in [0.5, 0.6) is 5.75 Å². The molecule has 0 spiro atoms. The van der Waals surface area contributed by atoms with Crippen molar-refractivity contribution in [3.63, 3.8) is 0 Å². The normalized spacial score (nSPS) is 17.6. The fraction of sp³-hybridized carbons (Fsp3) is 0.476. The molecule has 1 aliphatic heterocycles. The van der Waals surface area contributed by atoms with E-state index in [-0.39, 0.29) is 5.92 Å². The van der Waals surface area contributed by atoms with E-state index in [0.717, 1.165) is 56.3 Å². The van der Waals surface area contributed by atoms with E-state index in [1.165, 1.54) is 12.8 Å². The van der Waals surface area contributed by atoms with Crippen LogP contribution in [0.1, 0.15) is 25.7 Å². The summed E-state index contributed by atoms with van der Waals surface area (Å²) in [4.78, 5) is 25.9. The summed E-state index contributed by atoms with van der Waals surface area (Å²) >= 11 is 0. The molecule has 1 N–H and O–H groups in total. The molecule has 0 unspecified atom stereocenters. The molecule has 1 aromatic heterocycles. The van der Waals surface area contributed by atoms with Crippen LogP contribution in [-0.2, 0) is 4.79 Å². The van der Waals surface area contributed by atoms with Gasteiger partial charge in [-0.15, -0.1) is 0 Å². The lowest BCUT2D eigenvalue weighted by atomic mass is 10.1. The van der Waals surface area contributed by atoms with E-state index in [2.05, 4.69) is 20.2 Å². The minimum absolute atomic E-state index is 0.250. The number of anilines is 3. The van der Waals surface area contributed by atoms with Crippen LogP contribution in [0.3, 0.4) is 0 Å². The first kappa shape index (κ1) is 18.5. The zero-order valence-corrected chi connectivity index (χ0v) is 16.3. The van der Waals surface area contributed by atoms with Gasteiger partial charge in [0.25, 0.3) is 0 Å². The van der Waals surface area contributed by atoms with Gasteiger partial charge in [-0.3, -0.25) is 4.79 Å². The highest BCUT2D eigenvalue weighted by atomic mass is 16.5. The summed E-state index contributed by atoms with van der Waals surface area (Å²) in [5, 5.41) is 3.30. The van der Waals surface area contributed by atoms with Crippen molar-refractivity contribution in [3.8, 4) is 5.75 Å². The van der Waals surface area contributed by atoms with Crippen LogP contribution in [0.15, 0.2) is 36.5 Å². The van der Waals surface area contributed by atoms with Crippen molar-refractivity contribution in [1.82, 2.24) is 14.9 Å². The quantitative estimate of drug-likeness (QED) is 0.858. The van der Waals surface area contributed by atoms with E-state index in [4.69, 9.17) is 4.74 Å². The number of hydrogen-bond donors (Lipinski definition) is 1. The van der Waals surface area contributed by atoms with Gasteiger partial charge >= 0.3 is 0 Å². The average molecular weight is 381 g/mol. The Morgan fingerprint density at radius 1 is 1.07 bits per heavy atom. The second kappa shape index (κ2) is 8.46. The van der Waals surface area contributed by atoms with Crippen LogP contribution < -0.4 is 15.0 Å². The number of nitrogens with one attached hydrogen (secondary N) is 1. The molecule has 0 radical (unpaired) electrons. The van der Waals surface area contributed by atoms with E-state index in [9.17, 15) is 4.79 Å². The Morgan fingerprint density at radius 2 is 1.79 bits per heavy atom. The second-order valence-electron chi connectivity index (χ2n) is 7.39. The molecule has 7 nitrogen and oxygen atoms in total. The zero-order chi connectivity index (χ0) is 19.3. The van der Waals surface area contributed by atoms with Crippen LogP contribution in [0.2, 0.25) is 0 Å². The molecule has 1 saturated carbocycles. The van der Waals surface area contributed by atoms with Crippen molar-refractivity contribution >= 4 is 23.4 Å². The summed E-state index contributed by atoms with van der Waals surface area (Å²) in [6.45, 7) is 3.03. The van der Waals surface area contributed by atoms with Gasteiger partial charge in [-0.05, 0) is 43.2 Å². The number of benzene rings is 1. The van der Waals surface area contributed by atoms with Gasteiger partial charge < -0.3 is 19.9 Å². The lowest BCUT2D eigenvalue weighted by Crippen LogP contribution is -2.50. The molecule has 2 aliphatic rings. The Kier molecular flexibility index (Phi) is 5.60. The van der Waals surface area contributed by atoms with Gasteiger partial charge in [-0.2, -0.15) is 4.98 Å². The van der Waals surface area contributed by atoms with Crippen LogP contribution in [0, 0.1) is 5.92 Å². The SMILES string of the molecule is COc1ccc(Nc2ccnc(N3CCN(C(=O)C4CCCC4)CC3)n2)cc1. The molecule has 28 heavy (non-hydrogen) atoms. The predicted molar refractivity (Wildman–Crippen MR) is 109 cm³/mol. The molecule has 2 aromatic rings. The first-order valence-electron chi connectivity index (χ1n) is 10.0. The Balaban J connectivity index is 1.36. The number of piperazine rings is 1. The third kappa shape index (κ3) is 4.18. The fourth-order valence-electron chi connectivity index (χ4n) is 3.95. The number of hydrogen-bond acceptors (Lipinski definition) is 6. The number of methoxy groups -OCH3 is 1. The zero-order valence-electron chi connectivity index (χ0n) is 16.3. The van der Waals surface area contributed by atoms with Gasteiger partial charge in [0, 0.05) is 44.0 Å². The van der Waals surface area contributed by atoms with E-state index >= 15 is 0 Å². The van der Waals surface area contributed by atoms with Crippen molar-refractivity contribution in [2.45, 2.75) is 25.7 Å². The van der Waals surface area contributed by atoms with Crippen molar-refractivity contribution in [1.29, 1.82) is 0 Å². The molecule has 148 valence electrons. The smallest absolute Gasteiger partial charge is 0.227 e. The molecule has 2 fully saturated rings. The van der Waals surface area contributed by atoms with E-state index in [1.807, 2.05) is 35.2 Å². The molecular weight excluding hydrogens is 354 g/mol. The van der Waals surface area contributed by atoms with Gasteiger partial charge in [0.1, 0.15) is 11.6 Å². The van der Waals surface area contributed by atoms with Gasteiger partial charge in [0.2, 0.25) is 11.9 Å². The van der Waals surface area contributed by atoms with E-state index in [1.54, 1.807) is 13.3 Å². The number of ether oxygens (including phenoxy) is 1. The molecule has 0 bridgehead atoms. The van der Waals surface area contributed by atoms with Gasteiger partial charge in [0.15, 0.2) is 0 Å². The fourth-order valence-corrected chi connectivity index (χ4v) is 3.95. The molecule has 1 aliphatic carbocycles. The van der Waals surface area contributed by atoms with Gasteiger partial charge in [0.05, 0.1) is 7.11 Å². The van der Waals surface area contributed by atoms with E-state index in [0.29, 0.717) is 11.9 Å². The molecule has 7 heteroatoms. The van der Waals surface area contributed by atoms with Crippen LogP contribution in [0.4, 0.5) is 17.5 Å². The summed E-state index contributed by atoms with van der Waals surface area (Å²) in [5.74, 6) is 2.86. The lowest BCUT2D eigenvalue weighted by molar-refractivity contribution is -0.135. The summed E-state index contributed by atoms with van der Waals surface area (Å²) in [6, 6.07) is 9.58. The maximum absolute atomic E-state index is 12.6. The molecule has 1 amide bonds. The van der Waals surface area contributed by atoms with Crippen LogP contribution >= 0.6 is 0 Å². The minimum Gasteiger partial charge on any atom is -0.497 e. The Morgan fingerprint density at radius 3 is 2.46 bits per heavy atom. The number of carbonyl (C=O) groups is 1. The molecule has 4 rings (SSSR count). The lowest BCUT2D eigenvalue weighted by Gasteiger charge is -2.36. The summed E-state index contributed by atoms with van der Waals surface area (Å²) in [6.07, 6.45) is 6.27. The first-order chi connectivity index (χ1) is 13.7. The number of rotatable bonds is 5. The third-order valence-electron chi connectivity index (χ3n) is 5.58. The van der Waals surface area contributed by atoms with Crippen molar-refractivity contribution in [3.05, 3.63) is 36.5 Å². The highest BCUT2D eigenvalue weighted by Gasteiger charge is 2.29. The molecule has 1 saturated heterocycles. The third-order valence-corrected chi connectivity index (χ3v) is 5.58. The highest BCUT2D eigenvalue weighted by molar-refractivity contribution is 5.79. The molecule has 0 atom stereocenters. The Bertz CT molecular complexity index is 797. The van der Waals surface area contributed by atoms with Crippen molar-refractivity contribution in [2.75, 3.05) is 43.5 Å². The number of nitrogens with zero attached hydrogens (tertiary/aromatic N) is 4. The molecule has 1 aromatic carbocycles. The standard InChI is InChI=1S/C21H27N5O2/c1-28-18-8-6-17(7-9-18)23-19-10-11-22-21(24-19)26-14-12-25(13-15-26)20(27)16-4-2-3-5-16/h6-11,16H,2-5,12-15H2,1H3,(H,22,23,24). The maximum atomic E-state index is 12.6. The molecular formula is C21H27N5O2. The number of aromatic nitrogens is 2. The largest absolute Gasteiger partial charge is 0.497 e. The first-order valence-corrected chi connectivity index (χ1v) is 10.0. The monoisotopic (exact) mass is 381 g/mol. The predicted octanol–water partition coefficient (Wildman–Crippen LogP) is 3.07. The van der Waals surface area contributed by atoms with E-state index < -0.39 is 0 Å². The van der Waals surface area contributed by atoms with Gasteiger partial charge in [-0.1, -0.05) is 12.8 Å². The summed E-state index contributed by atoms with van der Waals surface area (Å²) in [5.41, 5.74) is 0.942. The maximum Gasteiger partial charge on any atom is 0.227 e. The Labute approximate surface area is 165 Å². The van der Waals surface area contributed by atoms with Crippen molar-refractivity contribution in [2.24, 2.45) is 5.92 Å². The number of amides is 1. The number of carbonyl (C=O) groups excluding carboxylic acids is 1. The second-order valence-corrected chi connectivity index (χ2v) is 7.39. The summed E-state index contributed by atoms with van der Waals surface area (Å²) < 4.78 is 5.19. The van der Waals surface area contributed by atoms with Crippen molar-refractivity contribution < 1.29 is 9.53 Å². The van der Waals surface area contributed by atoms with Gasteiger partial charge in [-0.25, -0.2) is 4.98 Å². The highest BCUT2D eigenvalue weighted by Crippen LogP contribution is 2.27. The van der Waals surface area contributed by atoms with Crippen LogP contribution in [0.25, 0.3) is 0 Å². The minimum atomic E-state index is 0.250. The average Bonchev–Trinajstić information content (AvgIpc) is 3.29. The topological polar surface area (TPSA) is 70.6 Å².